The molecule has 8 atom stereocenters. The summed E-state index contributed by atoms with van der Waals surface area (Å²) in [5.41, 5.74) is 0.0242. The summed E-state index contributed by atoms with van der Waals surface area (Å²) in [6.07, 6.45) is 1.59. The van der Waals surface area contributed by atoms with Crippen LogP contribution in [-0.4, -0.2) is 71.6 Å². The van der Waals surface area contributed by atoms with Gasteiger partial charge < -0.3 is 22.8 Å². The van der Waals surface area contributed by atoms with Crippen LogP contribution < -0.4 is 0 Å². The van der Waals surface area contributed by atoms with Gasteiger partial charge >= 0.3 is 0 Å². The van der Waals surface area contributed by atoms with Crippen molar-refractivity contribution < 1.29 is 22.8 Å². The lowest BCUT2D eigenvalue weighted by Gasteiger charge is -2.51. The summed E-state index contributed by atoms with van der Waals surface area (Å²) >= 11 is 3.73. The van der Waals surface area contributed by atoms with Gasteiger partial charge in [0.1, 0.15) is 10.9 Å². The van der Waals surface area contributed by atoms with E-state index in [1.807, 2.05) is 23.5 Å². The summed E-state index contributed by atoms with van der Waals surface area (Å²) in [5, 5.41) is 0.498. The van der Waals surface area contributed by atoms with Crippen LogP contribution in [0.2, 0.25) is 54.4 Å². The predicted octanol–water partition coefficient (Wildman–Crippen LogP) is 11.3. The van der Waals surface area contributed by atoms with E-state index in [1.165, 1.54) is 4.90 Å². The molecule has 2 aliphatic heterocycles. The molecule has 5 nitrogen and oxygen atoms in total. The van der Waals surface area contributed by atoms with E-state index in [0.717, 1.165) is 12.8 Å². The van der Waals surface area contributed by atoms with Gasteiger partial charge in [0.2, 0.25) is 0 Å². The normalized spacial score (nSPS) is 30.8. The van der Waals surface area contributed by atoms with Gasteiger partial charge in [-0.15, -0.1) is 11.8 Å². The van der Waals surface area contributed by atoms with E-state index in [0.29, 0.717) is 0 Å². The average molecular weight is 729 g/mol. The van der Waals surface area contributed by atoms with E-state index in [2.05, 4.69) is 146 Å². The fraction of sp³-hybridized carbons (Fsp3) is 0.833. The Morgan fingerprint density at radius 3 is 1.54 bits per heavy atom. The Labute approximate surface area is 295 Å². The quantitative estimate of drug-likeness (QED) is 0.222. The molecule has 0 bridgehead atoms. The highest BCUT2D eigenvalue weighted by Gasteiger charge is 2.51. The topological polar surface area (TPSA) is 46.2 Å². The maximum atomic E-state index is 7.26. The first-order valence-corrected chi connectivity index (χ1v) is 28.0. The van der Waals surface area contributed by atoms with Crippen molar-refractivity contribution in [2.24, 2.45) is 0 Å². The average Bonchev–Trinajstić information content (AvgIpc) is 2.86. The Hall–Kier alpha value is 0.371. The molecule has 0 radical (unpaired) electrons. The van der Waals surface area contributed by atoms with Crippen LogP contribution in [0.3, 0.4) is 0 Å². The second-order valence-electron chi connectivity index (χ2n) is 18.2. The third kappa shape index (κ3) is 10.2. The second kappa shape index (κ2) is 14.9. The number of hydrogen-bond donors (Lipinski definition) is 0. The minimum absolute atomic E-state index is 0.0165. The third-order valence-corrected chi connectivity index (χ3v) is 27.5. The van der Waals surface area contributed by atoms with Crippen molar-refractivity contribution >= 4 is 48.5 Å². The molecule has 1 aromatic rings. The Morgan fingerprint density at radius 1 is 0.609 bits per heavy atom. The zero-order chi connectivity index (χ0) is 35.1. The minimum atomic E-state index is -2.07. The molecule has 0 saturated carbocycles. The van der Waals surface area contributed by atoms with Gasteiger partial charge in [0.15, 0.2) is 25.0 Å². The Morgan fingerprint density at radius 2 is 1.04 bits per heavy atom. The molecular weight excluding hydrogens is 661 g/mol. The molecule has 2 fully saturated rings. The van der Waals surface area contributed by atoms with Crippen LogP contribution in [0, 0.1) is 0 Å². The van der Waals surface area contributed by atoms with Crippen LogP contribution in [0.1, 0.15) is 89.0 Å². The third-order valence-electron chi connectivity index (χ3n) is 11.3. The summed E-state index contributed by atoms with van der Waals surface area (Å²) in [4.78, 5) is 1.24. The summed E-state index contributed by atoms with van der Waals surface area (Å²) in [6, 6.07) is 10.6. The van der Waals surface area contributed by atoms with Crippen LogP contribution in [0.5, 0.6) is 0 Å². The van der Waals surface area contributed by atoms with Crippen LogP contribution in [-0.2, 0) is 22.8 Å². The molecule has 46 heavy (non-hydrogen) atoms. The van der Waals surface area contributed by atoms with Gasteiger partial charge in [-0.05, 0) is 80.4 Å². The maximum Gasteiger partial charge on any atom is 0.192 e. The molecule has 0 spiro atoms. The second-order valence-corrected chi connectivity index (χ2v) is 35.1. The molecule has 1 aromatic carbocycles. The summed E-state index contributed by atoms with van der Waals surface area (Å²) < 4.78 is 35.3. The lowest BCUT2D eigenvalue weighted by atomic mass is 10.0. The number of ether oxygens (including phenoxy) is 2. The first-order valence-electron chi connectivity index (χ1n) is 17.5. The van der Waals surface area contributed by atoms with Gasteiger partial charge in [-0.1, -0.05) is 92.3 Å². The Balaban J connectivity index is 1.90. The molecule has 266 valence electrons. The van der Waals surface area contributed by atoms with Crippen molar-refractivity contribution in [1.29, 1.82) is 0 Å². The van der Waals surface area contributed by atoms with E-state index in [9.17, 15) is 0 Å². The molecule has 10 heteroatoms. The predicted molar refractivity (Wildman–Crippen MR) is 208 cm³/mol. The molecule has 2 aliphatic rings. The summed E-state index contributed by atoms with van der Waals surface area (Å²) in [5.74, 6) is 0. The number of benzene rings is 1. The molecule has 0 aliphatic carbocycles. The highest BCUT2D eigenvalue weighted by Crippen LogP contribution is 2.48. The fourth-order valence-electron chi connectivity index (χ4n) is 5.21. The monoisotopic (exact) mass is 728 g/mol. The van der Waals surface area contributed by atoms with E-state index in [4.69, 9.17) is 22.8 Å². The van der Waals surface area contributed by atoms with Crippen molar-refractivity contribution in [2.45, 2.75) is 195 Å². The molecular formula is C36H68O5S2Si3. The van der Waals surface area contributed by atoms with E-state index in [-0.39, 0.29) is 61.8 Å². The number of rotatable bonds is 10. The van der Waals surface area contributed by atoms with Gasteiger partial charge in [0.25, 0.3) is 0 Å². The fourth-order valence-corrected chi connectivity index (χ4v) is 12.0. The first-order chi connectivity index (χ1) is 20.7. The van der Waals surface area contributed by atoms with Crippen LogP contribution in [0.4, 0.5) is 0 Å². The van der Waals surface area contributed by atoms with E-state index < -0.39 is 25.0 Å². The van der Waals surface area contributed by atoms with E-state index in [1.54, 1.807) is 0 Å². The van der Waals surface area contributed by atoms with Crippen LogP contribution >= 0.6 is 23.5 Å². The van der Waals surface area contributed by atoms with Crippen molar-refractivity contribution in [1.82, 2.24) is 0 Å². The first kappa shape index (κ1) is 40.8. The van der Waals surface area contributed by atoms with Gasteiger partial charge in [-0.25, -0.2) is 0 Å². The van der Waals surface area contributed by atoms with E-state index >= 15 is 0 Å². The molecule has 0 N–H and O–H groups in total. The molecule has 2 unspecified atom stereocenters. The Bertz CT molecular complexity index is 1110. The summed E-state index contributed by atoms with van der Waals surface area (Å²) in [6.45, 7) is 39.5. The van der Waals surface area contributed by atoms with Crippen molar-refractivity contribution in [3.05, 3.63) is 30.3 Å². The Kier molecular flexibility index (Phi) is 13.2. The molecule has 0 aromatic heterocycles. The number of hydrogen-bond acceptors (Lipinski definition) is 7. The largest absolute Gasteiger partial charge is 0.413 e. The van der Waals surface area contributed by atoms with Gasteiger partial charge in [-0.2, -0.15) is 0 Å². The van der Waals surface area contributed by atoms with Crippen molar-refractivity contribution in [3.8, 4) is 0 Å². The van der Waals surface area contributed by atoms with Crippen molar-refractivity contribution in [3.63, 3.8) is 0 Å². The van der Waals surface area contributed by atoms with Crippen LogP contribution in [0.25, 0.3) is 0 Å². The van der Waals surface area contributed by atoms with Crippen molar-refractivity contribution in [2.75, 3.05) is 0 Å². The smallest absolute Gasteiger partial charge is 0.192 e. The molecule has 3 rings (SSSR count). The lowest BCUT2D eigenvalue weighted by Crippen LogP contribution is -2.59. The summed E-state index contributed by atoms with van der Waals surface area (Å²) in [7, 11) is -6.17. The number of thioether (sulfide) groups is 2. The lowest BCUT2D eigenvalue weighted by molar-refractivity contribution is -0.127. The van der Waals surface area contributed by atoms with Crippen LogP contribution in [0.15, 0.2) is 35.2 Å². The van der Waals surface area contributed by atoms with Gasteiger partial charge in [0, 0.05) is 17.7 Å². The molecule has 0 amide bonds. The highest BCUT2D eigenvalue weighted by molar-refractivity contribution is 8.00. The van der Waals surface area contributed by atoms with Gasteiger partial charge in [0.05, 0.1) is 35.8 Å². The molecule has 2 saturated heterocycles. The zero-order valence-electron chi connectivity index (χ0n) is 32.3. The maximum absolute atomic E-state index is 7.26. The zero-order valence-corrected chi connectivity index (χ0v) is 36.9. The SMILES string of the molecule is CC1O[C@H](Sc2ccccc2)C[C@@H](O[Si](C)(C)C(C)(C)C)[C@@H]1S[C@H]1CC(O[Si](C)(C)C(C)(C)C)[C@@H](O[Si](C)(C)C(C)(C)C)[C@H](C)O1. The minimum Gasteiger partial charge on any atom is -0.413 e. The molecule has 2 heterocycles. The standard InChI is InChI=1S/C36H68O5S2Si3/c1-25-32(41-46(16,17)36(9,10)11)28(39-44(12,13)34(3,4)5)23-31(37-25)43-33-26(2)38-30(42-27-21-19-18-20-22-27)24-29(33)40-45(14,15)35(6,7)8/h18-22,25-26,28-33H,23-24H2,1-17H3/t25-,26?,28?,29+,30+,31-,32-,33+/m0/s1. The highest BCUT2D eigenvalue weighted by atomic mass is 32.2. The van der Waals surface area contributed by atoms with Gasteiger partial charge in [-0.3, -0.25) is 0 Å².